The second kappa shape index (κ2) is 13.5. The topological polar surface area (TPSA) is 112 Å². The van der Waals surface area contributed by atoms with E-state index in [1.807, 2.05) is 6.07 Å². The van der Waals surface area contributed by atoms with Gasteiger partial charge in [0.05, 0.1) is 12.2 Å². The fourth-order valence-corrected chi connectivity index (χ4v) is 7.30. The summed E-state index contributed by atoms with van der Waals surface area (Å²) in [5.41, 5.74) is 10.1. The molecule has 0 radical (unpaired) electrons. The maximum Gasteiger partial charge on any atom is 0.338 e. The van der Waals surface area contributed by atoms with Crippen LogP contribution in [0.2, 0.25) is 54.4 Å². The van der Waals surface area contributed by atoms with Crippen LogP contribution in [0.4, 0.5) is 0 Å². The van der Waals surface area contributed by atoms with Gasteiger partial charge in [-0.25, -0.2) is 4.79 Å². The van der Waals surface area contributed by atoms with E-state index in [0.29, 0.717) is 5.56 Å². The normalized spacial score (nSPS) is 24.3. The van der Waals surface area contributed by atoms with E-state index in [1.54, 1.807) is 24.3 Å². The van der Waals surface area contributed by atoms with Crippen LogP contribution in [0.5, 0.6) is 0 Å². The van der Waals surface area contributed by atoms with Gasteiger partial charge in [0.1, 0.15) is 24.4 Å². The van der Waals surface area contributed by atoms with Crippen molar-refractivity contribution in [2.24, 2.45) is 5.11 Å². The van der Waals surface area contributed by atoms with Crippen molar-refractivity contribution >= 4 is 30.9 Å². The van der Waals surface area contributed by atoms with Crippen LogP contribution < -0.4 is 0 Å². The fourth-order valence-electron chi connectivity index (χ4n) is 3.84. The zero-order valence-electron chi connectivity index (χ0n) is 29.3. The van der Waals surface area contributed by atoms with E-state index >= 15 is 0 Å². The Morgan fingerprint density at radius 1 is 0.814 bits per heavy atom. The predicted octanol–water partition coefficient (Wildman–Crippen LogP) is 9.05. The fraction of sp³-hybridized carbons (Fsp3) is 0.774. The lowest BCUT2D eigenvalue weighted by Crippen LogP contribution is -2.65. The Labute approximate surface area is 263 Å². The smallest absolute Gasteiger partial charge is 0.338 e. The minimum atomic E-state index is -2.45. The maximum atomic E-state index is 13.6. The molecule has 0 spiro atoms. The van der Waals surface area contributed by atoms with E-state index < -0.39 is 61.6 Å². The number of ether oxygens (including phenoxy) is 2. The molecule has 5 atom stereocenters. The molecule has 1 saturated heterocycles. The standard InChI is InChI=1S/C31H57N3O6Si3/c1-29(2,3)41(10,11)36-21-23-25(39-42(12,13)30(4,5)6)26(38-27(35)22-19-17-16-18-20-22)24(33-34-32)28(37-23)40-43(14,15)31(7,8)9/h16-20,23-26,28H,21H2,1-15H3/t23-,24-,25+,26-,28+/m1/s1. The molecule has 43 heavy (non-hydrogen) atoms. The first-order chi connectivity index (χ1) is 19.3. The quantitative estimate of drug-likeness (QED) is 0.0820. The first kappa shape index (κ1) is 37.7. The van der Waals surface area contributed by atoms with Gasteiger partial charge in [-0.3, -0.25) is 0 Å². The zero-order valence-corrected chi connectivity index (χ0v) is 32.3. The highest BCUT2D eigenvalue weighted by atomic mass is 28.4. The van der Waals surface area contributed by atoms with E-state index in [4.69, 9.17) is 22.8 Å². The molecule has 1 aromatic rings. The van der Waals surface area contributed by atoms with Gasteiger partial charge < -0.3 is 22.8 Å². The van der Waals surface area contributed by atoms with Crippen molar-refractivity contribution in [3.63, 3.8) is 0 Å². The third kappa shape index (κ3) is 9.26. The molecule has 1 aromatic carbocycles. The molecule has 0 aliphatic carbocycles. The molecule has 244 valence electrons. The van der Waals surface area contributed by atoms with E-state index in [2.05, 4.69) is 112 Å². The Hall–Kier alpha value is -1.51. The van der Waals surface area contributed by atoms with Gasteiger partial charge in [-0.2, -0.15) is 0 Å². The number of rotatable bonds is 10. The lowest BCUT2D eigenvalue weighted by molar-refractivity contribution is -0.238. The molecule has 1 fully saturated rings. The number of carbonyl (C=O) groups is 1. The van der Waals surface area contributed by atoms with Gasteiger partial charge in [0.25, 0.3) is 0 Å². The first-order valence-electron chi connectivity index (χ1n) is 15.3. The lowest BCUT2D eigenvalue weighted by atomic mass is 9.97. The van der Waals surface area contributed by atoms with Crippen molar-refractivity contribution in [2.45, 2.75) is 147 Å². The SMILES string of the molecule is CC(C)(C)[Si](C)(C)OC[C@H]1O[C@@H](O[Si](C)(C)C(C)(C)C)[C@H](N=[N+]=[N-])[C@@H](OC(=O)c2ccccc2)[C@H]1O[Si](C)(C)C(C)(C)C. The van der Waals surface area contributed by atoms with E-state index in [0.717, 1.165) is 0 Å². The van der Waals surface area contributed by atoms with Crippen LogP contribution in [0, 0.1) is 0 Å². The second-order valence-electron chi connectivity index (χ2n) is 16.3. The summed E-state index contributed by atoms with van der Waals surface area (Å²) in [6, 6.07) is 7.85. The highest BCUT2D eigenvalue weighted by Crippen LogP contribution is 2.44. The van der Waals surface area contributed by atoms with Crippen LogP contribution in [-0.2, 0) is 22.8 Å². The lowest BCUT2D eigenvalue weighted by Gasteiger charge is -2.51. The Kier molecular flexibility index (Phi) is 11.8. The number of esters is 1. The highest BCUT2D eigenvalue weighted by Gasteiger charge is 2.55. The molecule has 0 bridgehead atoms. The van der Waals surface area contributed by atoms with Crippen molar-refractivity contribution in [2.75, 3.05) is 6.61 Å². The van der Waals surface area contributed by atoms with Crippen molar-refractivity contribution in [1.82, 2.24) is 0 Å². The van der Waals surface area contributed by atoms with E-state index in [1.165, 1.54) is 0 Å². The van der Waals surface area contributed by atoms with Gasteiger partial charge in [-0.1, -0.05) is 85.6 Å². The van der Waals surface area contributed by atoms with Gasteiger partial charge in [0, 0.05) is 4.91 Å². The predicted molar refractivity (Wildman–Crippen MR) is 181 cm³/mol. The molecule has 0 unspecified atom stereocenters. The van der Waals surface area contributed by atoms with Crippen molar-refractivity contribution in [3.05, 3.63) is 46.3 Å². The zero-order chi connectivity index (χ0) is 33.2. The van der Waals surface area contributed by atoms with Gasteiger partial charge in [-0.15, -0.1) is 0 Å². The number of hydrogen-bond acceptors (Lipinski definition) is 7. The largest absolute Gasteiger partial charge is 0.455 e. The molecule has 0 aromatic heterocycles. The summed E-state index contributed by atoms with van der Waals surface area (Å²) < 4.78 is 33.5. The molecule has 0 amide bonds. The average molecular weight is 652 g/mol. The van der Waals surface area contributed by atoms with Crippen LogP contribution in [0.25, 0.3) is 10.4 Å². The second-order valence-corrected chi connectivity index (χ2v) is 30.6. The number of azide groups is 1. The van der Waals surface area contributed by atoms with Crippen LogP contribution >= 0.6 is 0 Å². The number of nitrogens with zero attached hydrogens (tertiary/aromatic N) is 3. The minimum Gasteiger partial charge on any atom is -0.455 e. The van der Waals surface area contributed by atoms with Crippen LogP contribution in [-0.4, -0.2) is 68.2 Å². The number of carbonyl (C=O) groups excluding carboxylic acids is 1. The summed E-state index contributed by atoms with van der Waals surface area (Å²) in [7, 11) is -7.08. The molecule has 1 aliphatic heterocycles. The summed E-state index contributed by atoms with van der Waals surface area (Å²) in [4.78, 5) is 16.8. The summed E-state index contributed by atoms with van der Waals surface area (Å²) in [6.45, 7) is 32.6. The van der Waals surface area contributed by atoms with Crippen molar-refractivity contribution in [3.8, 4) is 0 Å². The van der Waals surface area contributed by atoms with Crippen LogP contribution in [0.3, 0.4) is 0 Å². The summed E-state index contributed by atoms with van der Waals surface area (Å²) in [5.74, 6) is -0.524. The maximum absolute atomic E-state index is 13.6. The van der Waals surface area contributed by atoms with E-state index in [9.17, 15) is 10.3 Å². The van der Waals surface area contributed by atoms with Gasteiger partial charge in [-0.05, 0) is 72.1 Å². The molecule has 1 aliphatic rings. The molecule has 0 N–H and O–H groups in total. The summed E-state index contributed by atoms with van der Waals surface area (Å²) in [6.07, 6.45) is -3.28. The average Bonchev–Trinajstić information content (AvgIpc) is 2.84. The Morgan fingerprint density at radius 2 is 1.30 bits per heavy atom. The Bertz CT molecular complexity index is 1140. The van der Waals surface area contributed by atoms with Gasteiger partial charge in [0.15, 0.2) is 31.2 Å². The highest BCUT2D eigenvalue weighted by molar-refractivity contribution is 6.75. The Balaban J connectivity index is 2.71. The molecule has 9 nitrogen and oxygen atoms in total. The number of benzene rings is 1. The molecule has 1 heterocycles. The molecular formula is C31H57N3O6Si3. The van der Waals surface area contributed by atoms with Gasteiger partial charge >= 0.3 is 5.97 Å². The monoisotopic (exact) mass is 651 g/mol. The third-order valence-corrected chi connectivity index (χ3v) is 23.3. The molecule has 0 saturated carbocycles. The van der Waals surface area contributed by atoms with E-state index in [-0.39, 0.29) is 21.7 Å². The minimum absolute atomic E-state index is 0.0265. The van der Waals surface area contributed by atoms with Gasteiger partial charge in [0.2, 0.25) is 0 Å². The van der Waals surface area contributed by atoms with Crippen molar-refractivity contribution in [1.29, 1.82) is 0 Å². The molecular weight excluding hydrogens is 595 g/mol. The van der Waals surface area contributed by atoms with Crippen LogP contribution in [0.15, 0.2) is 35.4 Å². The summed E-state index contributed by atoms with van der Waals surface area (Å²) in [5, 5.41) is 3.85. The molecule has 2 rings (SSSR count). The Morgan fingerprint density at radius 3 is 1.77 bits per heavy atom. The third-order valence-electron chi connectivity index (χ3n) is 9.92. The summed E-state index contributed by atoms with van der Waals surface area (Å²) >= 11 is 0. The number of hydrogen-bond donors (Lipinski definition) is 0. The van der Waals surface area contributed by atoms with Crippen molar-refractivity contribution < 1.29 is 27.5 Å². The van der Waals surface area contributed by atoms with Crippen LogP contribution in [0.1, 0.15) is 72.7 Å². The molecule has 12 heteroatoms. The first-order valence-corrected chi connectivity index (χ1v) is 24.0.